The zero-order valence-electron chi connectivity index (χ0n) is 8.15. The van der Waals surface area contributed by atoms with Crippen LogP contribution < -0.4 is 0 Å². The SMILES string of the molecule is O=[N+]([O-])c1cc(CO)ccc1-n1cncn1. The van der Waals surface area contributed by atoms with Gasteiger partial charge in [0.1, 0.15) is 18.3 Å². The Kier molecular flexibility index (Phi) is 2.61. The number of hydrogen-bond donors (Lipinski definition) is 1. The zero-order chi connectivity index (χ0) is 11.5. The van der Waals surface area contributed by atoms with Crippen LogP contribution in [-0.4, -0.2) is 24.8 Å². The summed E-state index contributed by atoms with van der Waals surface area (Å²) in [5.74, 6) is 0. The number of hydrogen-bond acceptors (Lipinski definition) is 5. The molecule has 1 aromatic heterocycles. The molecule has 0 bridgehead atoms. The second kappa shape index (κ2) is 4.07. The van der Waals surface area contributed by atoms with Crippen LogP contribution >= 0.6 is 0 Å². The lowest BCUT2D eigenvalue weighted by atomic mass is 10.2. The van der Waals surface area contributed by atoms with Crippen molar-refractivity contribution in [3.63, 3.8) is 0 Å². The highest BCUT2D eigenvalue weighted by molar-refractivity contribution is 5.53. The van der Waals surface area contributed by atoms with Crippen LogP contribution in [0, 0.1) is 10.1 Å². The van der Waals surface area contributed by atoms with Gasteiger partial charge >= 0.3 is 0 Å². The summed E-state index contributed by atoms with van der Waals surface area (Å²) in [6, 6.07) is 4.44. The molecule has 0 atom stereocenters. The second-order valence-electron chi connectivity index (χ2n) is 3.08. The molecule has 0 saturated heterocycles. The molecule has 0 fully saturated rings. The molecule has 0 aliphatic carbocycles. The lowest BCUT2D eigenvalue weighted by Crippen LogP contribution is -2.01. The number of aromatic nitrogens is 3. The molecule has 16 heavy (non-hydrogen) atoms. The molecule has 0 amide bonds. The van der Waals surface area contributed by atoms with Crippen molar-refractivity contribution in [1.82, 2.24) is 14.8 Å². The first kappa shape index (κ1) is 10.2. The van der Waals surface area contributed by atoms with Gasteiger partial charge in [-0.25, -0.2) is 9.67 Å². The van der Waals surface area contributed by atoms with Gasteiger partial charge in [0.15, 0.2) is 0 Å². The van der Waals surface area contributed by atoms with Gasteiger partial charge in [-0.2, -0.15) is 5.10 Å². The van der Waals surface area contributed by atoms with E-state index >= 15 is 0 Å². The van der Waals surface area contributed by atoms with E-state index in [0.29, 0.717) is 11.3 Å². The van der Waals surface area contributed by atoms with Crippen LogP contribution in [0.3, 0.4) is 0 Å². The Morgan fingerprint density at radius 1 is 1.50 bits per heavy atom. The van der Waals surface area contributed by atoms with Crippen molar-refractivity contribution >= 4 is 5.69 Å². The number of nitro benzene ring substituents is 1. The van der Waals surface area contributed by atoms with Gasteiger partial charge < -0.3 is 5.11 Å². The fourth-order valence-corrected chi connectivity index (χ4v) is 1.34. The third-order valence-corrected chi connectivity index (χ3v) is 2.08. The first-order chi connectivity index (χ1) is 7.72. The molecular formula is C9H8N4O3. The Labute approximate surface area is 90.1 Å². The highest BCUT2D eigenvalue weighted by Gasteiger charge is 2.16. The third-order valence-electron chi connectivity index (χ3n) is 2.08. The van der Waals surface area contributed by atoms with Gasteiger partial charge in [-0.3, -0.25) is 10.1 Å². The van der Waals surface area contributed by atoms with Gasteiger partial charge in [0, 0.05) is 6.07 Å². The third kappa shape index (κ3) is 1.75. The van der Waals surface area contributed by atoms with E-state index in [-0.39, 0.29) is 12.3 Å². The molecule has 1 aromatic carbocycles. The molecule has 0 aliphatic rings. The van der Waals surface area contributed by atoms with Gasteiger partial charge in [0.05, 0.1) is 11.5 Å². The van der Waals surface area contributed by atoms with Crippen LogP contribution in [0.5, 0.6) is 0 Å². The molecule has 0 unspecified atom stereocenters. The summed E-state index contributed by atoms with van der Waals surface area (Å²) in [5, 5.41) is 23.6. The van der Waals surface area contributed by atoms with Crippen LogP contribution in [0.15, 0.2) is 30.9 Å². The Morgan fingerprint density at radius 3 is 2.88 bits per heavy atom. The van der Waals surface area contributed by atoms with Gasteiger partial charge in [-0.1, -0.05) is 6.07 Å². The van der Waals surface area contributed by atoms with Crippen LogP contribution in [0.25, 0.3) is 5.69 Å². The van der Waals surface area contributed by atoms with Crippen molar-refractivity contribution < 1.29 is 10.0 Å². The van der Waals surface area contributed by atoms with Crippen molar-refractivity contribution in [2.24, 2.45) is 0 Å². The average molecular weight is 220 g/mol. The Bertz CT molecular complexity index is 509. The van der Waals surface area contributed by atoms with E-state index in [1.807, 2.05) is 0 Å². The summed E-state index contributed by atoms with van der Waals surface area (Å²) < 4.78 is 1.30. The van der Waals surface area contributed by atoms with E-state index in [1.54, 1.807) is 6.07 Å². The summed E-state index contributed by atoms with van der Waals surface area (Å²) in [7, 11) is 0. The molecule has 0 spiro atoms. The van der Waals surface area contributed by atoms with Crippen LogP contribution in [0.2, 0.25) is 0 Å². The molecule has 1 heterocycles. The fraction of sp³-hybridized carbons (Fsp3) is 0.111. The number of benzene rings is 1. The molecule has 82 valence electrons. The summed E-state index contributed by atoms with van der Waals surface area (Å²) >= 11 is 0. The number of nitrogens with zero attached hydrogens (tertiary/aromatic N) is 4. The van der Waals surface area contributed by atoms with E-state index in [0.717, 1.165) is 0 Å². The molecule has 0 saturated carbocycles. The fourth-order valence-electron chi connectivity index (χ4n) is 1.34. The average Bonchev–Trinajstić information content (AvgIpc) is 2.81. The van der Waals surface area contributed by atoms with Crippen molar-refractivity contribution in [2.45, 2.75) is 6.61 Å². The predicted octanol–water partition coefficient (Wildman–Crippen LogP) is 0.668. The number of nitro groups is 1. The topological polar surface area (TPSA) is 94.1 Å². The smallest absolute Gasteiger partial charge is 0.295 e. The maximum absolute atomic E-state index is 10.8. The van der Waals surface area contributed by atoms with Gasteiger partial charge in [-0.15, -0.1) is 0 Å². The first-order valence-corrected chi connectivity index (χ1v) is 4.45. The summed E-state index contributed by atoms with van der Waals surface area (Å²) in [4.78, 5) is 14.1. The van der Waals surface area contributed by atoms with Gasteiger partial charge in [0.2, 0.25) is 0 Å². The first-order valence-electron chi connectivity index (χ1n) is 4.45. The number of rotatable bonds is 3. The maximum atomic E-state index is 10.8. The molecule has 7 heteroatoms. The van der Waals surface area contributed by atoms with Crippen molar-refractivity contribution in [3.05, 3.63) is 46.5 Å². The maximum Gasteiger partial charge on any atom is 0.295 e. The Balaban J connectivity index is 2.57. The minimum atomic E-state index is -0.518. The molecule has 0 aliphatic heterocycles. The molecular weight excluding hydrogens is 212 g/mol. The van der Waals surface area contributed by atoms with E-state index in [2.05, 4.69) is 10.1 Å². The van der Waals surface area contributed by atoms with Crippen molar-refractivity contribution in [3.8, 4) is 5.69 Å². The lowest BCUT2D eigenvalue weighted by Gasteiger charge is -2.03. The van der Waals surface area contributed by atoms with Gasteiger partial charge in [0.25, 0.3) is 5.69 Å². The molecule has 2 aromatic rings. The minimum absolute atomic E-state index is 0.114. The Hall–Kier alpha value is -2.28. The number of aliphatic hydroxyl groups is 1. The molecule has 1 N–H and O–H groups in total. The monoisotopic (exact) mass is 220 g/mol. The Morgan fingerprint density at radius 2 is 2.31 bits per heavy atom. The molecule has 0 radical (unpaired) electrons. The van der Waals surface area contributed by atoms with E-state index < -0.39 is 4.92 Å². The predicted molar refractivity (Wildman–Crippen MR) is 53.9 cm³/mol. The summed E-state index contributed by atoms with van der Waals surface area (Å²) in [6.07, 6.45) is 2.67. The van der Waals surface area contributed by atoms with Crippen LogP contribution in [0.1, 0.15) is 5.56 Å². The summed E-state index contributed by atoms with van der Waals surface area (Å²) in [5.41, 5.74) is 0.687. The number of aliphatic hydroxyl groups excluding tert-OH is 1. The van der Waals surface area contributed by atoms with Crippen LogP contribution in [-0.2, 0) is 6.61 Å². The lowest BCUT2D eigenvalue weighted by molar-refractivity contribution is -0.384. The zero-order valence-corrected chi connectivity index (χ0v) is 8.15. The quantitative estimate of drug-likeness (QED) is 0.605. The highest BCUT2D eigenvalue weighted by atomic mass is 16.6. The van der Waals surface area contributed by atoms with Crippen molar-refractivity contribution in [2.75, 3.05) is 0 Å². The van der Waals surface area contributed by atoms with E-state index in [1.165, 1.54) is 29.5 Å². The van der Waals surface area contributed by atoms with E-state index in [9.17, 15) is 10.1 Å². The molecule has 7 nitrogen and oxygen atoms in total. The summed E-state index contributed by atoms with van der Waals surface area (Å²) in [6.45, 7) is -0.238. The normalized spacial score (nSPS) is 10.3. The second-order valence-corrected chi connectivity index (χ2v) is 3.08. The molecule has 2 rings (SSSR count). The van der Waals surface area contributed by atoms with E-state index in [4.69, 9.17) is 5.11 Å². The van der Waals surface area contributed by atoms with Crippen LogP contribution in [0.4, 0.5) is 5.69 Å². The minimum Gasteiger partial charge on any atom is -0.392 e. The standard InChI is InChI=1S/C9H8N4O3/c14-4-7-1-2-8(9(3-7)13(15)16)12-6-10-5-11-12/h1-3,5-6,14H,4H2. The van der Waals surface area contributed by atoms with Gasteiger partial charge in [-0.05, 0) is 11.6 Å². The van der Waals surface area contributed by atoms with Crippen molar-refractivity contribution in [1.29, 1.82) is 0 Å². The largest absolute Gasteiger partial charge is 0.392 e. The highest BCUT2D eigenvalue weighted by Crippen LogP contribution is 2.23.